The van der Waals surface area contributed by atoms with Crippen molar-refractivity contribution in [3.8, 4) is 11.1 Å². The minimum atomic E-state index is -0.242. The summed E-state index contributed by atoms with van der Waals surface area (Å²) in [6.45, 7) is 6.16. The zero-order valence-electron chi connectivity index (χ0n) is 28.4. The van der Waals surface area contributed by atoms with Gasteiger partial charge in [0.1, 0.15) is 0 Å². The summed E-state index contributed by atoms with van der Waals surface area (Å²) in [5, 5.41) is 0.867. The molecule has 1 fully saturated rings. The summed E-state index contributed by atoms with van der Waals surface area (Å²) in [6.07, 6.45) is 30.9. The van der Waals surface area contributed by atoms with Crippen LogP contribution in [0, 0.1) is 0 Å². The molecule has 0 saturated carbocycles. The molecule has 0 radical (unpaired) electrons. The summed E-state index contributed by atoms with van der Waals surface area (Å²) in [6, 6.07) is 13.7. The maximum Gasteiger partial charge on any atom is 0.493 e. The van der Waals surface area contributed by atoms with Crippen LogP contribution in [0.3, 0.4) is 0 Å². The third kappa shape index (κ3) is 10.4. The van der Waals surface area contributed by atoms with Gasteiger partial charge in [-0.1, -0.05) is 178 Å². The van der Waals surface area contributed by atoms with E-state index >= 15 is 0 Å². The topological polar surface area (TPSA) is 18.5 Å². The highest BCUT2D eigenvalue weighted by Crippen LogP contribution is 2.54. The second-order valence-electron chi connectivity index (χ2n) is 13.9. The first-order valence-corrected chi connectivity index (χ1v) is 19.3. The normalized spacial score (nSPS) is 15.5. The molecule has 1 saturated heterocycles. The van der Waals surface area contributed by atoms with Crippen LogP contribution < -0.4 is 5.46 Å². The predicted molar refractivity (Wildman–Crippen MR) is 192 cm³/mol. The molecule has 1 heterocycles. The highest BCUT2D eigenvalue weighted by molar-refractivity contribution is 6.61. The largest absolute Gasteiger partial charge is 0.493 e. The van der Waals surface area contributed by atoms with Crippen molar-refractivity contribution in [2.45, 2.75) is 167 Å². The van der Waals surface area contributed by atoms with Gasteiger partial charge in [-0.3, -0.25) is 0 Å². The first kappa shape index (κ1) is 35.6. The Kier molecular flexibility index (Phi) is 16.2. The van der Waals surface area contributed by atoms with Crippen molar-refractivity contribution in [2.24, 2.45) is 0 Å². The van der Waals surface area contributed by atoms with Gasteiger partial charge < -0.3 is 9.31 Å². The summed E-state index contributed by atoms with van der Waals surface area (Å²) >= 11 is 6.73. The molecule has 2 aliphatic rings. The molecule has 0 bridgehead atoms. The van der Waals surface area contributed by atoms with E-state index in [1.54, 1.807) is 0 Å². The van der Waals surface area contributed by atoms with Gasteiger partial charge in [0, 0.05) is 23.7 Å². The molecular weight excluding hydrogens is 559 g/mol. The van der Waals surface area contributed by atoms with Crippen molar-refractivity contribution in [3.63, 3.8) is 0 Å². The lowest BCUT2D eigenvalue weighted by molar-refractivity contribution is 0.143. The fourth-order valence-corrected chi connectivity index (χ4v) is 7.98. The van der Waals surface area contributed by atoms with E-state index in [4.69, 9.17) is 20.9 Å². The Hall–Kier alpha value is -1.29. The van der Waals surface area contributed by atoms with Crippen molar-refractivity contribution in [2.75, 3.05) is 13.2 Å². The van der Waals surface area contributed by atoms with Crippen LogP contribution >= 0.6 is 11.6 Å². The van der Waals surface area contributed by atoms with Crippen LogP contribution in [0.1, 0.15) is 173 Å². The second-order valence-corrected chi connectivity index (χ2v) is 14.3. The molecule has 4 rings (SSSR count). The Morgan fingerprint density at radius 2 is 1.00 bits per heavy atom. The molecule has 0 amide bonds. The fourth-order valence-electron chi connectivity index (χ4n) is 7.80. The molecule has 0 atom stereocenters. The molecule has 44 heavy (non-hydrogen) atoms. The van der Waals surface area contributed by atoms with Crippen LogP contribution in [-0.4, -0.2) is 20.3 Å². The number of unbranched alkanes of at least 4 members (excludes halogenated alkanes) is 18. The number of hydrogen-bond acceptors (Lipinski definition) is 2. The van der Waals surface area contributed by atoms with E-state index in [-0.39, 0.29) is 12.5 Å². The molecular formula is C40H62BClO2. The van der Waals surface area contributed by atoms with Gasteiger partial charge in [-0.15, -0.1) is 0 Å². The Morgan fingerprint density at radius 3 is 1.50 bits per heavy atom. The number of rotatable bonds is 23. The molecule has 0 unspecified atom stereocenters. The van der Waals surface area contributed by atoms with E-state index in [9.17, 15) is 0 Å². The summed E-state index contributed by atoms with van der Waals surface area (Å²) in [7, 11) is -0.242. The monoisotopic (exact) mass is 620 g/mol. The Morgan fingerprint density at radius 1 is 0.568 bits per heavy atom. The number of halogens is 1. The summed E-state index contributed by atoms with van der Waals surface area (Å²) < 4.78 is 12.2. The smallest absolute Gasteiger partial charge is 0.407 e. The summed E-state index contributed by atoms with van der Waals surface area (Å²) in [5.74, 6) is 0. The van der Waals surface area contributed by atoms with E-state index < -0.39 is 0 Å². The van der Waals surface area contributed by atoms with Crippen LogP contribution in [0.4, 0.5) is 0 Å². The molecule has 0 spiro atoms. The van der Waals surface area contributed by atoms with Gasteiger partial charge in [-0.05, 0) is 59.1 Å². The van der Waals surface area contributed by atoms with E-state index in [2.05, 4.69) is 50.2 Å². The van der Waals surface area contributed by atoms with Crippen molar-refractivity contribution < 1.29 is 9.31 Å². The van der Waals surface area contributed by atoms with Gasteiger partial charge in [0.05, 0.1) is 0 Å². The van der Waals surface area contributed by atoms with Crippen LogP contribution in [0.25, 0.3) is 11.1 Å². The van der Waals surface area contributed by atoms with E-state index in [0.717, 1.165) is 24.7 Å². The molecule has 0 N–H and O–H groups in total. The first-order chi connectivity index (χ1) is 21.7. The minimum absolute atomic E-state index is 0.0283. The van der Waals surface area contributed by atoms with Gasteiger partial charge >= 0.3 is 7.12 Å². The number of hydrogen-bond donors (Lipinski definition) is 0. The van der Waals surface area contributed by atoms with Crippen molar-refractivity contribution in [1.82, 2.24) is 0 Å². The molecule has 2 aromatic carbocycles. The molecule has 1 aliphatic heterocycles. The average Bonchev–Trinajstić information content (AvgIpc) is 3.31. The zero-order valence-corrected chi connectivity index (χ0v) is 29.2. The van der Waals surface area contributed by atoms with Crippen LogP contribution in [0.15, 0.2) is 36.4 Å². The van der Waals surface area contributed by atoms with Crippen LogP contribution in [0.2, 0.25) is 5.02 Å². The van der Waals surface area contributed by atoms with Gasteiger partial charge in [-0.25, -0.2) is 0 Å². The zero-order chi connectivity index (χ0) is 30.9. The standard InChI is InChI=1S/C40H62BClO2/c1-3-5-7-9-11-13-15-17-19-21-28-40(29-22-20-18-16-14-12-10-8-6-4-2)38-32-34(41-43-30-23-31-44-41)24-26-36(38)37-27-25-35(42)33-39(37)40/h24-27,32-33H,3-23,28-31H2,1-2H3. The first-order valence-electron chi connectivity index (χ1n) is 18.9. The van der Waals surface area contributed by atoms with Crippen molar-refractivity contribution in [3.05, 3.63) is 52.5 Å². The SMILES string of the molecule is CCCCCCCCCCCCC1(CCCCCCCCCCCC)c2cc(Cl)ccc2-c2ccc(B3OCCCO3)cc21. The van der Waals surface area contributed by atoms with E-state index in [1.807, 2.05) is 0 Å². The predicted octanol–water partition coefficient (Wildman–Crippen LogP) is 12.4. The Balaban J connectivity index is 1.44. The third-order valence-corrected chi connectivity index (χ3v) is 10.6. The molecule has 1 aliphatic carbocycles. The Labute approximate surface area is 276 Å². The molecule has 244 valence electrons. The quantitative estimate of drug-likeness (QED) is 0.0908. The lowest BCUT2D eigenvalue weighted by Gasteiger charge is -2.33. The van der Waals surface area contributed by atoms with Crippen molar-refractivity contribution >= 4 is 24.2 Å². The number of fused-ring (bicyclic) bond motifs is 3. The van der Waals surface area contributed by atoms with Crippen molar-refractivity contribution in [1.29, 1.82) is 0 Å². The minimum Gasteiger partial charge on any atom is -0.407 e. The molecule has 2 aromatic rings. The fraction of sp³-hybridized carbons (Fsp3) is 0.700. The number of benzene rings is 2. The molecule has 2 nitrogen and oxygen atoms in total. The Bertz CT molecular complexity index is 1060. The third-order valence-electron chi connectivity index (χ3n) is 10.4. The average molecular weight is 621 g/mol. The van der Waals surface area contributed by atoms with Crippen LogP contribution in [-0.2, 0) is 14.7 Å². The molecule has 4 heteroatoms. The lowest BCUT2D eigenvalue weighted by Crippen LogP contribution is -2.41. The maximum atomic E-state index is 6.73. The summed E-state index contributed by atoms with van der Waals surface area (Å²) in [5.41, 5.74) is 6.96. The highest BCUT2D eigenvalue weighted by Gasteiger charge is 2.43. The molecule has 0 aromatic heterocycles. The second kappa shape index (κ2) is 20.1. The lowest BCUT2D eigenvalue weighted by atomic mass is 9.68. The van der Waals surface area contributed by atoms with Gasteiger partial charge in [0.15, 0.2) is 0 Å². The summed E-state index contributed by atoms with van der Waals surface area (Å²) in [4.78, 5) is 0. The van der Waals surface area contributed by atoms with E-state index in [0.29, 0.717) is 0 Å². The van der Waals surface area contributed by atoms with Gasteiger partial charge in [-0.2, -0.15) is 0 Å². The highest BCUT2D eigenvalue weighted by atomic mass is 35.5. The van der Waals surface area contributed by atoms with Gasteiger partial charge in [0.25, 0.3) is 0 Å². The maximum absolute atomic E-state index is 6.73. The van der Waals surface area contributed by atoms with Crippen LogP contribution in [0.5, 0.6) is 0 Å². The van der Waals surface area contributed by atoms with Gasteiger partial charge in [0.2, 0.25) is 0 Å². The van der Waals surface area contributed by atoms with E-state index in [1.165, 1.54) is 169 Å².